The third kappa shape index (κ3) is 4.42. The van der Waals surface area contributed by atoms with E-state index in [2.05, 4.69) is 30.7 Å². The summed E-state index contributed by atoms with van der Waals surface area (Å²) in [6.45, 7) is 3.79. The summed E-state index contributed by atoms with van der Waals surface area (Å²) in [5.74, 6) is -0.373. The van der Waals surface area contributed by atoms with Gasteiger partial charge in [0.05, 0.1) is 18.1 Å². The summed E-state index contributed by atoms with van der Waals surface area (Å²) in [4.78, 5) is 37.4. The van der Waals surface area contributed by atoms with Crippen LogP contribution in [0.2, 0.25) is 0 Å². The van der Waals surface area contributed by atoms with Crippen LogP contribution in [-0.2, 0) is 11.8 Å². The van der Waals surface area contributed by atoms with Gasteiger partial charge in [-0.1, -0.05) is 6.92 Å². The zero-order valence-corrected chi connectivity index (χ0v) is 21.7. The molecule has 1 aliphatic carbocycles. The highest BCUT2D eigenvalue weighted by Crippen LogP contribution is 2.54. The number of oxazole rings is 1. The molecule has 1 aliphatic rings. The van der Waals surface area contributed by atoms with E-state index in [9.17, 15) is 14.7 Å². The number of fused-ring (bicyclic) bond motifs is 1. The molecule has 3 atom stereocenters. The average molecular weight is 542 g/mol. The van der Waals surface area contributed by atoms with Crippen molar-refractivity contribution < 1.29 is 23.5 Å². The van der Waals surface area contributed by atoms with Gasteiger partial charge in [-0.2, -0.15) is 5.10 Å². The molecule has 0 bridgehead atoms. The SMILES string of the molecule is Cc1cc(-c2ncco2)ncc1-c1cc2cc(NC(=O)C3C(C)C3c3cnn(C)c3)ncc2c(NC(=O)O)c1F. The summed E-state index contributed by atoms with van der Waals surface area (Å²) in [7, 11) is 1.83. The van der Waals surface area contributed by atoms with Crippen LogP contribution < -0.4 is 10.6 Å². The van der Waals surface area contributed by atoms with Gasteiger partial charge in [-0.25, -0.2) is 19.2 Å². The monoisotopic (exact) mass is 541 g/mol. The van der Waals surface area contributed by atoms with E-state index in [0.29, 0.717) is 28.1 Å². The second-order valence-corrected chi connectivity index (χ2v) is 9.90. The van der Waals surface area contributed by atoms with E-state index in [-0.39, 0.29) is 46.1 Å². The molecule has 3 unspecified atom stereocenters. The molecule has 0 aliphatic heterocycles. The van der Waals surface area contributed by atoms with Gasteiger partial charge in [-0.05, 0) is 47.6 Å². The minimum Gasteiger partial charge on any atom is -0.465 e. The van der Waals surface area contributed by atoms with Crippen molar-refractivity contribution in [3.05, 3.63) is 72.4 Å². The molecule has 1 aromatic carbocycles. The van der Waals surface area contributed by atoms with Crippen molar-refractivity contribution in [2.75, 3.05) is 10.6 Å². The first-order valence-electron chi connectivity index (χ1n) is 12.5. The Bertz CT molecular complexity index is 1780. The Morgan fingerprint density at radius 1 is 1.07 bits per heavy atom. The van der Waals surface area contributed by atoms with Crippen molar-refractivity contribution >= 4 is 34.3 Å². The number of halogens is 1. The number of nitrogens with one attached hydrogen (secondary N) is 2. The van der Waals surface area contributed by atoms with Crippen LogP contribution in [0.1, 0.15) is 24.0 Å². The second-order valence-electron chi connectivity index (χ2n) is 9.90. The summed E-state index contributed by atoms with van der Waals surface area (Å²) in [6, 6.07) is 4.89. The Kier molecular flexibility index (Phi) is 6.01. The van der Waals surface area contributed by atoms with Crippen molar-refractivity contribution in [3.63, 3.8) is 0 Å². The predicted molar refractivity (Wildman–Crippen MR) is 144 cm³/mol. The summed E-state index contributed by atoms with van der Waals surface area (Å²) in [5, 5.41) is 19.4. The van der Waals surface area contributed by atoms with Crippen LogP contribution in [0.4, 0.5) is 20.7 Å². The second kappa shape index (κ2) is 9.56. The van der Waals surface area contributed by atoms with Gasteiger partial charge in [0.25, 0.3) is 0 Å². The van der Waals surface area contributed by atoms with E-state index in [1.807, 2.05) is 20.2 Å². The summed E-state index contributed by atoms with van der Waals surface area (Å²) < 4.78 is 22.8. The zero-order chi connectivity index (χ0) is 28.1. The highest BCUT2D eigenvalue weighted by molar-refractivity contribution is 6.04. The standard InChI is InChI=1S/C28H24FN7O4/c1-13-6-20(27-30-4-5-40-27)31-10-18(13)17-7-15-8-21(32-11-19(15)25(24(17)29)35-28(38)39)34-26(37)23-14(2)22(23)16-9-33-36(3)12-16/h4-12,14,22-23,35H,1-3H3,(H,38,39)(H,32,34,37). The lowest BCUT2D eigenvalue weighted by Crippen LogP contribution is -2.16. The van der Waals surface area contributed by atoms with Crippen LogP contribution in [-0.4, -0.2) is 41.8 Å². The van der Waals surface area contributed by atoms with E-state index in [4.69, 9.17) is 4.42 Å². The molecule has 202 valence electrons. The van der Waals surface area contributed by atoms with Crippen LogP contribution in [0.3, 0.4) is 0 Å². The molecule has 12 heteroatoms. The largest absolute Gasteiger partial charge is 0.465 e. The number of rotatable bonds is 6. The topological polar surface area (TPSA) is 148 Å². The molecule has 2 amide bonds. The molecular formula is C28H24FN7O4. The fourth-order valence-corrected chi connectivity index (χ4v) is 5.27. The third-order valence-electron chi connectivity index (χ3n) is 7.29. The molecule has 11 nitrogen and oxygen atoms in total. The molecule has 40 heavy (non-hydrogen) atoms. The predicted octanol–water partition coefficient (Wildman–Crippen LogP) is 5.21. The number of hydrogen-bond donors (Lipinski definition) is 3. The molecule has 0 spiro atoms. The first-order chi connectivity index (χ1) is 19.2. The van der Waals surface area contributed by atoms with Crippen LogP contribution in [0, 0.1) is 24.6 Å². The number of pyridine rings is 2. The minimum atomic E-state index is -1.42. The molecule has 4 heterocycles. The summed E-state index contributed by atoms with van der Waals surface area (Å²) >= 11 is 0. The quantitative estimate of drug-likeness (QED) is 0.265. The van der Waals surface area contributed by atoms with E-state index in [0.717, 1.165) is 5.56 Å². The van der Waals surface area contributed by atoms with Crippen LogP contribution >= 0.6 is 0 Å². The molecule has 0 saturated heterocycles. The van der Waals surface area contributed by atoms with E-state index in [1.54, 1.807) is 36.0 Å². The van der Waals surface area contributed by atoms with Crippen molar-refractivity contribution in [1.29, 1.82) is 0 Å². The molecule has 3 N–H and O–H groups in total. The number of carbonyl (C=O) groups is 2. The number of nitrogens with zero attached hydrogens (tertiary/aromatic N) is 5. The summed E-state index contributed by atoms with van der Waals surface area (Å²) in [5.41, 5.74) is 2.50. The lowest BCUT2D eigenvalue weighted by molar-refractivity contribution is -0.117. The van der Waals surface area contributed by atoms with Crippen LogP contribution in [0.15, 0.2) is 59.9 Å². The number of carboxylic acid groups (broad SMARTS) is 1. The van der Waals surface area contributed by atoms with Crippen molar-refractivity contribution in [2.24, 2.45) is 18.9 Å². The molecule has 4 aromatic heterocycles. The Balaban J connectivity index is 1.36. The van der Waals surface area contributed by atoms with E-state index < -0.39 is 11.9 Å². The highest BCUT2D eigenvalue weighted by Gasteiger charge is 2.52. The molecule has 0 radical (unpaired) electrons. The molecule has 5 aromatic rings. The maximum Gasteiger partial charge on any atom is 0.409 e. The van der Waals surface area contributed by atoms with Gasteiger partial charge >= 0.3 is 6.09 Å². The average Bonchev–Trinajstić information content (AvgIpc) is 3.26. The van der Waals surface area contributed by atoms with Gasteiger partial charge in [0.2, 0.25) is 11.8 Å². The van der Waals surface area contributed by atoms with Gasteiger partial charge in [-0.3, -0.25) is 19.8 Å². The van der Waals surface area contributed by atoms with E-state index >= 15 is 4.39 Å². The Morgan fingerprint density at radius 2 is 1.90 bits per heavy atom. The molecule has 1 saturated carbocycles. The van der Waals surface area contributed by atoms with Crippen molar-refractivity contribution in [2.45, 2.75) is 19.8 Å². The fraction of sp³-hybridized carbons (Fsp3) is 0.214. The van der Waals surface area contributed by atoms with Crippen molar-refractivity contribution in [3.8, 4) is 22.7 Å². The maximum atomic E-state index is 15.8. The van der Waals surface area contributed by atoms with Gasteiger partial charge in [0.15, 0.2) is 5.82 Å². The van der Waals surface area contributed by atoms with Gasteiger partial charge in [0, 0.05) is 54.0 Å². The maximum absolute atomic E-state index is 15.8. The van der Waals surface area contributed by atoms with Crippen LogP contribution in [0.5, 0.6) is 0 Å². The van der Waals surface area contributed by atoms with E-state index in [1.165, 1.54) is 24.9 Å². The lowest BCUT2D eigenvalue weighted by atomic mass is 9.97. The first-order valence-corrected chi connectivity index (χ1v) is 12.5. The number of hydrogen-bond acceptors (Lipinski definition) is 7. The molecular weight excluding hydrogens is 517 g/mol. The number of anilines is 2. The Labute approximate surface area is 227 Å². The third-order valence-corrected chi connectivity index (χ3v) is 7.29. The van der Waals surface area contributed by atoms with Crippen molar-refractivity contribution in [1.82, 2.24) is 24.7 Å². The number of benzene rings is 1. The normalized spacial score (nSPS) is 18.1. The van der Waals surface area contributed by atoms with Crippen LogP contribution in [0.25, 0.3) is 33.5 Å². The number of aryl methyl sites for hydroxylation is 2. The van der Waals surface area contributed by atoms with Gasteiger partial charge in [-0.15, -0.1) is 0 Å². The highest BCUT2D eigenvalue weighted by atomic mass is 19.1. The Hall–Kier alpha value is -5.13. The number of amides is 2. The lowest BCUT2D eigenvalue weighted by Gasteiger charge is -2.15. The van der Waals surface area contributed by atoms with Gasteiger partial charge < -0.3 is 14.8 Å². The Morgan fingerprint density at radius 3 is 2.58 bits per heavy atom. The van der Waals surface area contributed by atoms with Gasteiger partial charge in [0.1, 0.15) is 17.8 Å². The molecule has 6 rings (SSSR count). The molecule has 1 fully saturated rings. The smallest absolute Gasteiger partial charge is 0.409 e. The zero-order valence-electron chi connectivity index (χ0n) is 21.7. The summed E-state index contributed by atoms with van der Waals surface area (Å²) in [6.07, 6.45) is 8.01. The fourth-order valence-electron chi connectivity index (χ4n) is 5.27. The first kappa shape index (κ1) is 25.2. The number of aromatic nitrogens is 5. The minimum absolute atomic E-state index is 0.0658. The number of carbonyl (C=O) groups excluding carboxylic acids is 1.